The van der Waals surface area contributed by atoms with Gasteiger partial charge in [-0.15, -0.1) is 0 Å². The fraction of sp³-hybridized carbons (Fsp3) is 0.214. The first-order valence-electron chi connectivity index (χ1n) is 11.6. The number of carbonyl (C=O) groups excluding carboxylic acids is 1. The van der Waals surface area contributed by atoms with E-state index in [4.69, 9.17) is 4.99 Å². The van der Waals surface area contributed by atoms with Gasteiger partial charge in [-0.3, -0.25) is 0 Å². The minimum Gasteiger partial charge on any atom is -0.494 e. The molecule has 6 heteroatoms. The van der Waals surface area contributed by atoms with Crippen molar-refractivity contribution in [1.82, 2.24) is 15.2 Å². The number of amides is 1. The van der Waals surface area contributed by atoms with Gasteiger partial charge >= 0.3 is 6.03 Å². The van der Waals surface area contributed by atoms with E-state index in [0.29, 0.717) is 16.8 Å². The number of hydrogen-bond donors (Lipinski definition) is 3. The summed E-state index contributed by atoms with van der Waals surface area (Å²) in [6, 6.07) is 23.3. The number of fused-ring (bicyclic) bond motifs is 1. The molecule has 3 aromatic carbocycles. The summed E-state index contributed by atoms with van der Waals surface area (Å²) in [5.41, 5.74) is 5.66. The maximum absolute atomic E-state index is 12.7. The molecule has 0 aliphatic heterocycles. The van der Waals surface area contributed by atoms with Crippen molar-refractivity contribution in [3.63, 3.8) is 0 Å². The molecule has 0 fully saturated rings. The number of hydrogen-bond acceptors (Lipinski definition) is 4. The Kier molecular flexibility index (Phi) is 7.09. The summed E-state index contributed by atoms with van der Waals surface area (Å²) in [6.07, 6.45) is 0.823. The first kappa shape index (κ1) is 23.3. The first-order chi connectivity index (χ1) is 16.6. The number of aromatic hydroxyl groups is 1. The van der Waals surface area contributed by atoms with Crippen molar-refractivity contribution >= 4 is 28.3 Å². The highest BCUT2D eigenvalue weighted by Crippen LogP contribution is 2.35. The first-order valence-corrected chi connectivity index (χ1v) is 11.6. The number of rotatable bonds is 7. The molecule has 34 heavy (non-hydrogen) atoms. The van der Waals surface area contributed by atoms with Crippen LogP contribution in [0.2, 0.25) is 0 Å². The van der Waals surface area contributed by atoms with Gasteiger partial charge in [0.25, 0.3) is 0 Å². The second-order valence-electron chi connectivity index (χ2n) is 8.07. The molecule has 0 unspecified atom stereocenters. The highest BCUT2D eigenvalue weighted by Gasteiger charge is 2.25. The van der Waals surface area contributed by atoms with E-state index in [9.17, 15) is 9.90 Å². The number of benzene rings is 3. The van der Waals surface area contributed by atoms with Gasteiger partial charge in [0, 0.05) is 24.5 Å². The minimum atomic E-state index is -0.401. The zero-order chi connectivity index (χ0) is 24.1. The molecule has 0 saturated carbocycles. The van der Waals surface area contributed by atoms with Crippen molar-refractivity contribution in [3.05, 3.63) is 95.1 Å². The van der Waals surface area contributed by atoms with Crippen molar-refractivity contribution < 1.29 is 9.90 Å². The number of carbonyl (C=O) groups is 1. The Morgan fingerprint density at radius 3 is 2.32 bits per heavy atom. The fourth-order valence-electron chi connectivity index (χ4n) is 4.04. The van der Waals surface area contributed by atoms with Crippen molar-refractivity contribution in [2.24, 2.45) is 4.99 Å². The van der Waals surface area contributed by atoms with Crippen molar-refractivity contribution in [3.8, 4) is 5.88 Å². The Hall–Kier alpha value is -3.90. The standard InChI is InChI=1S/C28H30N4O2/c1-4-19-13-16-23-24(17-19)32(28(34)29-3)27(33)25(23)26(21-9-7-6-8-10-21)31-22-14-11-20(12-15-22)18-30-5-2/h6-17,30,33H,4-5,18H2,1-3H3,(H,29,34). The number of aromatic nitrogens is 1. The summed E-state index contributed by atoms with van der Waals surface area (Å²) >= 11 is 0. The van der Waals surface area contributed by atoms with Crippen LogP contribution in [0.5, 0.6) is 5.88 Å². The average molecular weight is 455 g/mol. The van der Waals surface area contributed by atoms with Crippen LogP contribution in [0.3, 0.4) is 0 Å². The van der Waals surface area contributed by atoms with Crippen LogP contribution in [0.1, 0.15) is 36.1 Å². The molecule has 4 rings (SSSR count). The summed E-state index contributed by atoms with van der Waals surface area (Å²) in [5, 5.41) is 18.1. The zero-order valence-corrected chi connectivity index (χ0v) is 19.8. The van der Waals surface area contributed by atoms with Gasteiger partial charge in [-0.05, 0) is 42.3 Å². The quantitative estimate of drug-likeness (QED) is 0.328. The maximum atomic E-state index is 12.7. The predicted octanol–water partition coefficient (Wildman–Crippen LogP) is 5.38. The fourth-order valence-corrected chi connectivity index (χ4v) is 4.04. The lowest BCUT2D eigenvalue weighted by atomic mass is 10.00. The zero-order valence-electron chi connectivity index (χ0n) is 19.8. The predicted molar refractivity (Wildman–Crippen MR) is 138 cm³/mol. The summed E-state index contributed by atoms with van der Waals surface area (Å²) in [5.74, 6) is -0.131. The molecule has 6 nitrogen and oxygen atoms in total. The van der Waals surface area contributed by atoms with E-state index in [1.165, 1.54) is 10.1 Å². The van der Waals surface area contributed by atoms with Crippen LogP contribution in [-0.2, 0) is 13.0 Å². The molecule has 0 atom stereocenters. The Morgan fingerprint density at radius 2 is 1.68 bits per heavy atom. The molecular weight excluding hydrogens is 424 g/mol. The normalized spacial score (nSPS) is 11.7. The highest BCUT2D eigenvalue weighted by atomic mass is 16.3. The Morgan fingerprint density at radius 1 is 0.971 bits per heavy atom. The molecule has 1 aromatic heterocycles. The molecular formula is C28H30N4O2. The van der Waals surface area contributed by atoms with Gasteiger partial charge in [-0.25, -0.2) is 14.4 Å². The molecule has 0 saturated heterocycles. The number of nitrogens with one attached hydrogen (secondary N) is 2. The molecule has 1 heterocycles. The summed E-state index contributed by atoms with van der Waals surface area (Å²) < 4.78 is 1.32. The van der Waals surface area contributed by atoms with Crippen LogP contribution in [0.15, 0.2) is 77.8 Å². The van der Waals surface area contributed by atoms with E-state index < -0.39 is 6.03 Å². The van der Waals surface area contributed by atoms with Crippen LogP contribution in [0, 0.1) is 0 Å². The Labute approximate surface area is 200 Å². The molecule has 0 aliphatic rings. The van der Waals surface area contributed by atoms with Crippen LogP contribution in [0.25, 0.3) is 10.9 Å². The van der Waals surface area contributed by atoms with E-state index in [0.717, 1.165) is 41.7 Å². The van der Waals surface area contributed by atoms with E-state index in [1.54, 1.807) is 7.05 Å². The maximum Gasteiger partial charge on any atom is 0.328 e. The van der Waals surface area contributed by atoms with Gasteiger partial charge in [0.15, 0.2) is 0 Å². The summed E-state index contributed by atoms with van der Waals surface area (Å²) in [4.78, 5) is 17.7. The lowest BCUT2D eigenvalue weighted by Gasteiger charge is -2.09. The lowest BCUT2D eigenvalue weighted by molar-refractivity contribution is 0.242. The third-order valence-corrected chi connectivity index (χ3v) is 5.87. The Bertz CT molecular complexity index is 1320. The third kappa shape index (κ3) is 4.58. The largest absolute Gasteiger partial charge is 0.494 e. The van der Waals surface area contributed by atoms with Gasteiger partial charge in [-0.2, -0.15) is 0 Å². The molecule has 0 bridgehead atoms. The molecule has 0 aliphatic carbocycles. The summed E-state index contributed by atoms with van der Waals surface area (Å²) in [7, 11) is 1.55. The van der Waals surface area contributed by atoms with Crippen molar-refractivity contribution in [2.45, 2.75) is 26.8 Å². The van der Waals surface area contributed by atoms with Gasteiger partial charge in [0.1, 0.15) is 0 Å². The summed E-state index contributed by atoms with van der Waals surface area (Å²) in [6.45, 7) is 5.85. The smallest absolute Gasteiger partial charge is 0.328 e. The van der Waals surface area contributed by atoms with Gasteiger partial charge in [-0.1, -0.05) is 68.4 Å². The van der Waals surface area contributed by atoms with Crippen LogP contribution in [-0.4, -0.2) is 35.0 Å². The van der Waals surface area contributed by atoms with E-state index in [1.807, 2.05) is 72.8 Å². The molecule has 0 spiro atoms. The lowest BCUT2D eigenvalue weighted by Crippen LogP contribution is -2.24. The third-order valence-electron chi connectivity index (χ3n) is 5.87. The molecule has 4 aromatic rings. The van der Waals surface area contributed by atoms with Crippen molar-refractivity contribution in [2.75, 3.05) is 13.6 Å². The van der Waals surface area contributed by atoms with Crippen molar-refractivity contribution in [1.29, 1.82) is 0 Å². The topological polar surface area (TPSA) is 78.7 Å². The Balaban J connectivity index is 1.94. The van der Waals surface area contributed by atoms with E-state index in [2.05, 4.69) is 24.5 Å². The van der Waals surface area contributed by atoms with Crippen LogP contribution < -0.4 is 10.6 Å². The van der Waals surface area contributed by atoms with E-state index >= 15 is 0 Å². The second-order valence-corrected chi connectivity index (χ2v) is 8.07. The van der Waals surface area contributed by atoms with Gasteiger partial charge < -0.3 is 15.7 Å². The molecule has 1 amide bonds. The van der Waals surface area contributed by atoms with Crippen LogP contribution >= 0.6 is 0 Å². The highest BCUT2D eigenvalue weighted by molar-refractivity contribution is 6.23. The molecule has 174 valence electrons. The number of aliphatic imine (C=N–C) groups is 1. The van der Waals surface area contributed by atoms with Gasteiger partial charge in [0.2, 0.25) is 5.88 Å². The van der Waals surface area contributed by atoms with E-state index in [-0.39, 0.29) is 5.88 Å². The second kappa shape index (κ2) is 10.4. The van der Waals surface area contributed by atoms with Gasteiger partial charge in [0.05, 0.1) is 22.5 Å². The average Bonchev–Trinajstić information content (AvgIpc) is 3.17. The molecule has 0 radical (unpaired) electrons. The number of nitrogens with zero attached hydrogens (tertiary/aromatic N) is 2. The minimum absolute atomic E-state index is 0.131. The monoisotopic (exact) mass is 454 g/mol. The van der Waals surface area contributed by atoms with Crippen LogP contribution in [0.4, 0.5) is 10.5 Å². The SMILES string of the molecule is CCNCc1ccc(N=C(c2ccccc2)c2c(O)n(C(=O)NC)c3cc(CC)ccc23)cc1. The molecule has 3 N–H and O–H groups in total. The number of aryl methyl sites for hydroxylation is 1.